The molecule has 0 amide bonds. The van der Waals surface area contributed by atoms with E-state index in [1.54, 1.807) is 24.8 Å². The van der Waals surface area contributed by atoms with E-state index in [0.717, 1.165) is 60.9 Å². The molecule has 2 aromatic heterocycles. The standard InChI is InChI=1S/C24H30N4O2S/c1-27(19-7-10-28(11-8-19)13-17-9-12-30-14-17)23-22-21(15-31-24(22)26-16-25-23)18-3-5-20(29-2)6-4-18/h3-6,15-17,19H,7-14H2,1-2H3. The van der Waals surface area contributed by atoms with Gasteiger partial charge in [-0.3, -0.25) is 0 Å². The molecule has 0 N–H and O–H groups in total. The quantitative estimate of drug-likeness (QED) is 0.572. The van der Waals surface area contributed by atoms with Crippen molar-refractivity contribution in [2.45, 2.75) is 25.3 Å². The Morgan fingerprint density at radius 2 is 1.97 bits per heavy atom. The van der Waals surface area contributed by atoms with Gasteiger partial charge >= 0.3 is 0 Å². The largest absolute Gasteiger partial charge is 0.497 e. The Labute approximate surface area is 187 Å². The molecular weight excluding hydrogens is 408 g/mol. The van der Waals surface area contributed by atoms with Crippen molar-refractivity contribution in [3.8, 4) is 16.9 Å². The summed E-state index contributed by atoms with van der Waals surface area (Å²) in [5, 5.41) is 3.36. The van der Waals surface area contributed by atoms with Crippen LogP contribution in [-0.4, -0.2) is 67.9 Å². The first-order valence-corrected chi connectivity index (χ1v) is 12.0. The highest BCUT2D eigenvalue weighted by molar-refractivity contribution is 7.17. The molecule has 2 fully saturated rings. The minimum absolute atomic E-state index is 0.498. The number of thiophene rings is 1. The lowest BCUT2D eigenvalue weighted by Gasteiger charge is -2.38. The topological polar surface area (TPSA) is 50.7 Å². The Morgan fingerprint density at radius 3 is 2.68 bits per heavy atom. The number of benzene rings is 1. The Kier molecular flexibility index (Phi) is 6.07. The van der Waals surface area contributed by atoms with Gasteiger partial charge < -0.3 is 19.3 Å². The number of nitrogens with zero attached hydrogens (tertiary/aromatic N) is 4. The van der Waals surface area contributed by atoms with E-state index >= 15 is 0 Å². The third kappa shape index (κ3) is 4.27. The second kappa shape index (κ2) is 9.10. The number of ether oxygens (including phenoxy) is 2. The molecule has 6 nitrogen and oxygen atoms in total. The number of hydrogen-bond donors (Lipinski definition) is 0. The first kappa shape index (κ1) is 20.7. The summed E-state index contributed by atoms with van der Waals surface area (Å²) < 4.78 is 10.9. The van der Waals surface area contributed by atoms with Crippen molar-refractivity contribution in [1.29, 1.82) is 0 Å². The summed E-state index contributed by atoms with van der Waals surface area (Å²) in [6, 6.07) is 8.75. The molecule has 4 heterocycles. The van der Waals surface area contributed by atoms with E-state index in [9.17, 15) is 0 Å². The third-order valence-electron chi connectivity index (χ3n) is 6.73. The SMILES string of the molecule is COc1ccc(-c2csc3ncnc(N(C)C4CCN(CC5CCOC5)CC4)c23)cc1. The van der Waals surface area contributed by atoms with Crippen molar-refractivity contribution in [3.63, 3.8) is 0 Å². The van der Waals surface area contributed by atoms with Crippen LogP contribution in [0.2, 0.25) is 0 Å². The molecule has 0 bridgehead atoms. The van der Waals surface area contributed by atoms with Crippen LogP contribution in [0.1, 0.15) is 19.3 Å². The Balaban J connectivity index is 1.35. The number of aromatic nitrogens is 2. The van der Waals surface area contributed by atoms with Gasteiger partial charge in [0.1, 0.15) is 22.7 Å². The first-order valence-electron chi connectivity index (χ1n) is 11.1. The maximum Gasteiger partial charge on any atom is 0.141 e. The minimum atomic E-state index is 0.498. The molecule has 1 unspecified atom stereocenters. The molecule has 0 aliphatic carbocycles. The molecule has 31 heavy (non-hydrogen) atoms. The summed E-state index contributed by atoms with van der Waals surface area (Å²) in [5.74, 6) is 2.63. The van der Waals surface area contributed by atoms with E-state index in [4.69, 9.17) is 14.5 Å². The maximum absolute atomic E-state index is 5.55. The maximum atomic E-state index is 5.55. The smallest absolute Gasteiger partial charge is 0.141 e. The number of anilines is 1. The second-order valence-corrected chi connectivity index (χ2v) is 9.49. The van der Waals surface area contributed by atoms with Crippen molar-refractivity contribution in [2.24, 2.45) is 5.92 Å². The first-order chi connectivity index (χ1) is 15.2. The van der Waals surface area contributed by atoms with E-state index in [0.29, 0.717) is 12.0 Å². The van der Waals surface area contributed by atoms with E-state index in [1.165, 1.54) is 24.1 Å². The van der Waals surface area contributed by atoms with Crippen molar-refractivity contribution >= 4 is 27.4 Å². The molecule has 1 aromatic carbocycles. The molecule has 3 aromatic rings. The average molecular weight is 439 g/mol. The highest BCUT2D eigenvalue weighted by atomic mass is 32.1. The van der Waals surface area contributed by atoms with Crippen LogP contribution in [-0.2, 0) is 4.74 Å². The molecule has 5 rings (SSSR count). The number of piperidine rings is 1. The second-order valence-electron chi connectivity index (χ2n) is 8.63. The van der Waals surface area contributed by atoms with Crippen LogP contribution in [0, 0.1) is 5.92 Å². The summed E-state index contributed by atoms with van der Waals surface area (Å²) >= 11 is 1.69. The van der Waals surface area contributed by atoms with E-state index in [2.05, 4.69) is 39.3 Å². The van der Waals surface area contributed by atoms with Crippen LogP contribution in [0.5, 0.6) is 5.75 Å². The number of rotatable bonds is 6. The van der Waals surface area contributed by atoms with Gasteiger partial charge in [0.05, 0.1) is 19.1 Å². The molecule has 2 saturated heterocycles. The monoisotopic (exact) mass is 438 g/mol. The van der Waals surface area contributed by atoms with Crippen LogP contribution in [0.15, 0.2) is 36.0 Å². The van der Waals surface area contributed by atoms with Gasteiger partial charge in [0.2, 0.25) is 0 Å². The molecular formula is C24H30N4O2S. The van der Waals surface area contributed by atoms with Gasteiger partial charge in [0, 0.05) is 50.3 Å². The van der Waals surface area contributed by atoms with E-state index in [-0.39, 0.29) is 0 Å². The van der Waals surface area contributed by atoms with Gasteiger partial charge in [-0.15, -0.1) is 11.3 Å². The van der Waals surface area contributed by atoms with Crippen molar-refractivity contribution in [2.75, 3.05) is 51.9 Å². The lowest BCUT2D eigenvalue weighted by Crippen LogP contribution is -2.45. The summed E-state index contributed by atoms with van der Waals surface area (Å²) in [6.07, 6.45) is 5.25. The molecule has 0 radical (unpaired) electrons. The average Bonchev–Trinajstić information content (AvgIpc) is 3.49. The van der Waals surface area contributed by atoms with Crippen molar-refractivity contribution in [3.05, 3.63) is 36.0 Å². The van der Waals surface area contributed by atoms with Gasteiger partial charge in [-0.1, -0.05) is 12.1 Å². The lowest BCUT2D eigenvalue weighted by molar-refractivity contribution is 0.152. The van der Waals surface area contributed by atoms with Crippen molar-refractivity contribution < 1.29 is 9.47 Å². The molecule has 2 aliphatic rings. The highest BCUT2D eigenvalue weighted by Gasteiger charge is 2.27. The minimum Gasteiger partial charge on any atom is -0.497 e. The van der Waals surface area contributed by atoms with Crippen LogP contribution < -0.4 is 9.64 Å². The predicted octanol–water partition coefficient (Wildman–Crippen LogP) is 4.30. The summed E-state index contributed by atoms with van der Waals surface area (Å²) in [7, 11) is 3.89. The highest BCUT2D eigenvalue weighted by Crippen LogP contribution is 2.39. The van der Waals surface area contributed by atoms with Gasteiger partial charge in [0.15, 0.2) is 0 Å². The van der Waals surface area contributed by atoms with E-state index < -0.39 is 0 Å². The Hall–Kier alpha value is -2.22. The number of methoxy groups -OCH3 is 1. The van der Waals surface area contributed by atoms with E-state index in [1.807, 2.05) is 12.1 Å². The Morgan fingerprint density at radius 1 is 1.16 bits per heavy atom. The van der Waals surface area contributed by atoms with Gasteiger partial charge in [-0.2, -0.15) is 0 Å². The molecule has 1 atom stereocenters. The molecule has 0 saturated carbocycles. The van der Waals surface area contributed by atoms with Crippen LogP contribution >= 0.6 is 11.3 Å². The molecule has 2 aliphatic heterocycles. The zero-order valence-corrected chi connectivity index (χ0v) is 19.1. The number of likely N-dealkylation sites (tertiary alicyclic amines) is 1. The van der Waals surface area contributed by atoms with Gasteiger partial charge in [-0.05, 0) is 42.9 Å². The third-order valence-corrected chi connectivity index (χ3v) is 7.62. The van der Waals surface area contributed by atoms with Crippen LogP contribution in [0.4, 0.5) is 5.82 Å². The summed E-state index contributed by atoms with van der Waals surface area (Å²) in [5.41, 5.74) is 2.37. The lowest BCUT2D eigenvalue weighted by atomic mass is 10.0. The molecule has 7 heteroatoms. The van der Waals surface area contributed by atoms with Gasteiger partial charge in [-0.25, -0.2) is 9.97 Å². The summed E-state index contributed by atoms with van der Waals surface area (Å²) in [6.45, 7) is 5.35. The molecule has 0 spiro atoms. The fourth-order valence-electron chi connectivity index (χ4n) is 4.86. The number of hydrogen-bond acceptors (Lipinski definition) is 7. The Bertz CT molecular complexity index is 1010. The number of fused-ring (bicyclic) bond motifs is 1. The van der Waals surface area contributed by atoms with Gasteiger partial charge in [0.25, 0.3) is 0 Å². The zero-order valence-electron chi connectivity index (χ0n) is 18.3. The van der Waals surface area contributed by atoms with Crippen molar-refractivity contribution in [1.82, 2.24) is 14.9 Å². The fraction of sp³-hybridized carbons (Fsp3) is 0.500. The zero-order chi connectivity index (χ0) is 21.2. The summed E-state index contributed by atoms with van der Waals surface area (Å²) in [4.78, 5) is 15.3. The predicted molar refractivity (Wildman–Crippen MR) is 126 cm³/mol. The van der Waals surface area contributed by atoms with Crippen LogP contribution in [0.3, 0.4) is 0 Å². The van der Waals surface area contributed by atoms with Crippen LogP contribution in [0.25, 0.3) is 21.3 Å². The molecule has 164 valence electrons. The normalized spacial score (nSPS) is 20.4. The fourth-order valence-corrected chi connectivity index (χ4v) is 5.77.